The van der Waals surface area contributed by atoms with E-state index in [-0.39, 0.29) is 11.8 Å². The van der Waals surface area contributed by atoms with E-state index in [2.05, 4.69) is 4.99 Å². The van der Waals surface area contributed by atoms with Gasteiger partial charge in [-0.1, -0.05) is 34.6 Å². The molecule has 0 atom stereocenters. The van der Waals surface area contributed by atoms with Crippen molar-refractivity contribution in [2.75, 3.05) is 7.05 Å². The van der Waals surface area contributed by atoms with Gasteiger partial charge in [0.1, 0.15) is 5.60 Å². The molecular weight excluding hydrogens is 162 g/mol. The standard InChI is InChI=1S/C11H23NO/c1-7-10(12-6)11(13,8(2)3)9(4)5/h8-9,13H,7H2,1-6H3. The molecule has 0 saturated heterocycles. The Morgan fingerprint density at radius 1 is 1.23 bits per heavy atom. The zero-order valence-electron chi connectivity index (χ0n) is 9.76. The monoisotopic (exact) mass is 185 g/mol. The van der Waals surface area contributed by atoms with E-state index in [1.807, 2.05) is 34.6 Å². The van der Waals surface area contributed by atoms with Crippen molar-refractivity contribution < 1.29 is 5.11 Å². The molecule has 0 rings (SSSR count). The van der Waals surface area contributed by atoms with Gasteiger partial charge in [0.15, 0.2) is 0 Å². The number of nitrogens with zero attached hydrogens (tertiary/aromatic N) is 1. The summed E-state index contributed by atoms with van der Waals surface area (Å²) in [7, 11) is 1.76. The van der Waals surface area contributed by atoms with E-state index < -0.39 is 5.60 Å². The van der Waals surface area contributed by atoms with E-state index in [0.717, 1.165) is 12.1 Å². The first-order valence-corrected chi connectivity index (χ1v) is 5.09. The molecule has 0 bridgehead atoms. The maximum absolute atomic E-state index is 10.5. The summed E-state index contributed by atoms with van der Waals surface area (Å²) in [6, 6.07) is 0. The minimum atomic E-state index is -0.733. The van der Waals surface area contributed by atoms with Crippen LogP contribution in [0.25, 0.3) is 0 Å². The van der Waals surface area contributed by atoms with Gasteiger partial charge in [-0.3, -0.25) is 4.99 Å². The molecule has 0 aliphatic heterocycles. The molecule has 0 aromatic heterocycles. The number of aliphatic hydroxyl groups is 1. The normalized spacial score (nSPS) is 14.4. The highest BCUT2D eigenvalue weighted by molar-refractivity contribution is 5.92. The van der Waals surface area contributed by atoms with Gasteiger partial charge in [-0.2, -0.15) is 0 Å². The van der Waals surface area contributed by atoms with Gasteiger partial charge in [0.2, 0.25) is 0 Å². The van der Waals surface area contributed by atoms with E-state index in [4.69, 9.17) is 0 Å². The number of hydrogen-bond donors (Lipinski definition) is 1. The molecule has 0 aliphatic rings. The number of hydrogen-bond acceptors (Lipinski definition) is 2. The van der Waals surface area contributed by atoms with Crippen molar-refractivity contribution in [3.8, 4) is 0 Å². The van der Waals surface area contributed by atoms with Crippen LogP contribution in [-0.4, -0.2) is 23.5 Å². The fourth-order valence-electron chi connectivity index (χ4n) is 1.95. The highest BCUT2D eigenvalue weighted by Crippen LogP contribution is 2.28. The Labute approximate surface area is 82.1 Å². The highest BCUT2D eigenvalue weighted by Gasteiger charge is 2.38. The lowest BCUT2D eigenvalue weighted by Gasteiger charge is -2.37. The molecular formula is C11H23NO. The van der Waals surface area contributed by atoms with Gasteiger partial charge in [0.25, 0.3) is 0 Å². The van der Waals surface area contributed by atoms with Crippen LogP contribution in [0, 0.1) is 11.8 Å². The van der Waals surface area contributed by atoms with Crippen molar-refractivity contribution in [3.05, 3.63) is 0 Å². The number of rotatable bonds is 4. The van der Waals surface area contributed by atoms with Gasteiger partial charge in [-0.25, -0.2) is 0 Å². The Bertz CT molecular complexity index is 175. The van der Waals surface area contributed by atoms with Crippen molar-refractivity contribution in [3.63, 3.8) is 0 Å². The van der Waals surface area contributed by atoms with Crippen molar-refractivity contribution in [2.24, 2.45) is 16.8 Å². The first-order chi connectivity index (χ1) is 5.91. The van der Waals surface area contributed by atoms with Crippen molar-refractivity contribution >= 4 is 5.71 Å². The van der Waals surface area contributed by atoms with Crippen LogP contribution in [0.3, 0.4) is 0 Å². The van der Waals surface area contributed by atoms with E-state index >= 15 is 0 Å². The third kappa shape index (κ3) is 2.31. The molecule has 0 aromatic rings. The van der Waals surface area contributed by atoms with Crippen molar-refractivity contribution in [2.45, 2.75) is 46.6 Å². The molecule has 78 valence electrons. The van der Waals surface area contributed by atoms with Crippen LogP contribution in [0.1, 0.15) is 41.0 Å². The number of aliphatic imine (C=N–C) groups is 1. The molecule has 2 heteroatoms. The van der Waals surface area contributed by atoms with Crippen LogP contribution < -0.4 is 0 Å². The molecule has 2 nitrogen and oxygen atoms in total. The van der Waals surface area contributed by atoms with Crippen LogP contribution in [0.5, 0.6) is 0 Å². The second-order valence-electron chi connectivity index (χ2n) is 4.16. The molecule has 0 saturated carbocycles. The lowest BCUT2D eigenvalue weighted by Crippen LogP contribution is -2.48. The zero-order valence-corrected chi connectivity index (χ0v) is 9.76. The van der Waals surface area contributed by atoms with Crippen molar-refractivity contribution in [1.29, 1.82) is 0 Å². The Morgan fingerprint density at radius 3 is 1.69 bits per heavy atom. The van der Waals surface area contributed by atoms with E-state index in [1.54, 1.807) is 7.05 Å². The molecule has 0 aliphatic carbocycles. The first kappa shape index (κ1) is 12.6. The molecule has 0 radical (unpaired) electrons. The third-order valence-corrected chi connectivity index (χ3v) is 2.83. The minimum Gasteiger partial charge on any atom is -0.383 e. The summed E-state index contributed by atoms with van der Waals surface area (Å²) < 4.78 is 0. The van der Waals surface area contributed by atoms with Gasteiger partial charge in [0.05, 0.1) is 0 Å². The first-order valence-electron chi connectivity index (χ1n) is 5.09. The second-order valence-corrected chi connectivity index (χ2v) is 4.16. The van der Waals surface area contributed by atoms with Crippen LogP contribution in [0.15, 0.2) is 4.99 Å². The van der Waals surface area contributed by atoms with Gasteiger partial charge >= 0.3 is 0 Å². The highest BCUT2D eigenvalue weighted by atomic mass is 16.3. The van der Waals surface area contributed by atoms with Crippen LogP contribution in [0.4, 0.5) is 0 Å². The topological polar surface area (TPSA) is 32.6 Å². The molecule has 1 N–H and O–H groups in total. The average molecular weight is 185 g/mol. The Kier molecular flexibility index (Phi) is 4.62. The smallest absolute Gasteiger partial charge is 0.107 e. The fourth-order valence-corrected chi connectivity index (χ4v) is 1.95. The lowest BCUT2D eigenvalue weighted by atomic mass is 9.76. The summed E-state index contributed by atoms with van der Waals surface area (Å²) in [6.07, 6.45) is 0.823. The molecule has 0 spiro atoms. The summed E-state index contributed by atoms with van der Waals surface area (Å²) in [5, 5.41) is 10.5. The Hall–Kier alpha value is -0.370. The predicted octanol–water partition coefficient (Wildman–Crippen LogP) is 2.51. The van der Waals surface area contributed by atoms with Gasteiger partial charge < -0.3 is 5.11 Å². The lowest BCUT2D eigenvalue weighted by molar-refractivity contribution is 0.0177. The SMILES string of the molecule is CCC(=NC)C(O)(C(C)C)C(C)C. The molecule has 13 heavy (non-hydrogen) atoms. The maximum atomic E-state index is 10.5. The summed E-state index contributed by atoms with van der Waals surface area (Å²) >= 11 is 0. The van der Waals surface area contributed by atoms with Crippen LogP contribution in [0.2, 0.25) is 0 Å². The fraction of sp³-hybridized carbons (Fsp3) is 0.909. The zero-order chi connectivity index (χ0) is 10.6. The van der Waals surface area contributed by atoms with Gasteiger partial charge in [0, 0.05) is 12.8 Å². The minimum absolute atomic E-state index is 0.214. The summed E-state index contributed by atoms with van der Waals surface area (Å²) in [5.74, 6) is 0.428. The molecule has 0 aromatic carbocycles. The quantitative estimate of drug-likeness (QED) is 0.671. The second kappa shape index (κ2) is 4.75. The van der Waals surface area contributed by atoms with Crippen LogP contribution >= 0.6 is 0 Å². The van der Waals surface area contributed by atoms with E-state index in [9.17, 15) is 5.11 Å². The summed E-state index contributed by atoms with van der Waals surface area (Å²) in [5.41, 5.74) is 0.182. The van der Waals surface area contributed by atoms with E-state index in [1.165, 1.54) is 0 Å². The summed E-state index contributed by atoms with van der Waals surface area (Å²) in [4.78, 5) is 4.19. The third-order valence-electron chi connectivity index (χ3n) is 2.83. The maximum Gasteiger partial charge on any atom is 0.107 e. The predicted molar refractivity (Wildman–Crippen MR) is 58.3 cm³/mol. The van der Waals surface area contributed by atoms with Crippen molar-refractivity contribution in [1.82, 2.24) is 0 Å². The molecule has 0 amide bonds. The molecule has 0 unspecified atom stereocenters. The van der Waals surface area contributed by atoms with E-state index in [0.29, 0.717) is 0 Å². The van der Waals surface area contributed by atoms with Gasteiger partial charge in [-0.15, -0.1) is 0 Å². The average Bonchev–Trinajstić information content (AvgIpc) is 2.05. The summed E-state index contributed by atoms with van der Waals surface area (Å²) in [6.45, 7) is 10.2. The Morgan fingerprint density at radius 2 is 1.62 bits per heavy atom. The Balaban J connectivity index is 5.00. The molecule has 0 heterocycles. The largest absolute Gasteiger partial charge is 0.383 e. The molecule has 0 fully saturated rings. The van der Waals surface area contributed by atoms with Gasteiger partial charge in [-0.05, 0) is 18.3 Å². The van der Waals surface area contributed by atoms with Crippen LogP contribution in [-0.2, 0) is 0 Å².